The van der Waals surface area contributed by atoms with E-state index in [0.29, 0.717) is 6.04 Å². The fraction of sp³-hybridized carbons (Fsp3) is 0.357. The van der Waals surface area contributed by atoms with E-state index in [0.717, 1.165) is 23.7 Å². The predicted octanol–water partition coefficient (Wildman–Crippen LogP) is 3.40. The molecule has 3 nitrogen and oxygen atoms in total. The summed E-state index contributed by atoms with van der Waals surface area (Å²) in [6, 6.07) is 6.56. The van der Waals surface area contributed by atoms with Crippen molar-refractivity contribution in [2.45, 2.75) is 23.9 Å². The maximum atomic E-state index is 6.12. The molecule has 0 saturated carbocycles. The second kappa shape index (κ2) is 5.57. The van der Waals surface area contributed by atoms with Crippen LogP contribution >= 0.6 is 23.4 Å². The Hall–Kier alpha value is -0.970. The van der Waals surface area contributed by atoms with E-state index in [1.54, 1.807) is 0 Å². The Balaban J connectivity index is 1.76. The third-order valence-electron chi connectivity index (χ3n) is 3.46. The highest BCUT2D eigenvalue weighted by Crippen LogP contribution is 2.37. The SMILES string of the molecule is Cn1cncc1CN[C@H]1CCSc2ccc(Cl)cc21. The van der Waals surface area contributed by atoms with Crippen LogP contribution in [-0.2, 0) is 13.6 Å². The second-order valence-electron chi connectivity index (χ2n) is 4.75. The molecule has 2 heterocycles. The van der Waals surface area contributed by atoms with Gasteiger partial charge in [-0.05, 0) is 35.9 Å². The normalized spacial score (nSPS) is 18.3. The molecule has 3 rings (SSSR count). The van der Waals surface area contributed by atoms with Crippen molar-refractivity contribution < 1.29 is 0 Å². The molecule has 1 aromatic heterocycles. The zero-order chi connectivity index (χ0) is 13.2. The molecule has 0 radical (unpaired) electrons. The monoisotopic (exact) mass is 293 g/mol. The zero-order valence-electron chi connectivity index (χ0n) is 10.8. The van der Waals surface area contributed by atoms with Gasteiger partial charge < -0.3 is 9.88 Å². The van der Waals surface area contributed by atoms with Gasteiger partial charge in [-0.2, -0.15) is 0 Å². The molecule has 5 heteroatoms. The molecule has 2 aromatic rings. The van der Waals surface area contributed by atoms with Crippen LogP contribution in [0.4, 0.5) is 0 Å². The molecule has 0 spiro atoms. The number of halogens is 1. The van der Waals surface area contributed by atoms with Crippen molar-refractivity contribution >= 4 is 23.4 Å². The number of nitrogens with zero attached hydrogens (tertiary/aromatic N) is 2. The second-order valence-corrected chi connectivity index (χ2v) is 6.32. The lowest BCUT2D eigenvalue weighted by Gasteiger charge is -2.26. The van der Waals surface area contributed by atoms with Gasteiger partial charge in [0.1, 0.15) is 0 Å². The van der Waals surface area contributed by atoms with Crippen LogP contribution in [0.2, 0.25) is 5.02 Å². The molecular weight excluding hydrogens is 278 g/mol. The summed E-state index contributed by atoms with van der Waals surface area (Å²) in [7, 11) is 2.02. The number of rotatable bonds is 3. The molecule has 0 bridgehead atoms. The van der Waals surface area contributed by atoms with E-state index in [4.69, 9.17) is 11.6 Å². The van der Waals surface area contributed by atoms with Gasteiger partial charge in [0.05, 0.1) is 12.0 Å². The summed E-state index contributed by atoms with van der Waals surface area (Å²) in [5, 5.41) is 4.43. The summed E-state index contributed by atoms with van der Waals surface area (Å²) in [6.07, 6.45) is 4.87. The van der Waals surface area contributed by atoms with E-state index >= 15 is 0 Å². The van der Waals surface area contributed by atoms with Gasteiger partial charge in [-0.25, -0.2) is 4.98 Å². The highest BCUT2D eigenvalue weighted by molar-refractivity contribution is 7.99. The molecule has 1 atom stereocenters. The molecule has 1 aliphatic heterocycles. The first-order valence-electron chi connectivity index (χ1n) is 6.35. The van der Waals surface area contributed by atoms with Crippen molar-refractivity contribution in [3.8, 4) is 0 Å². The van der Waals surface area contributed by atoms with E-state index < -0.39 is 0 Å². The van der Waals surface area contributed by atoms with Crippen LogP contribution in [0.25, 0.3) is 0 Å². The largest absolute Gasteiger partial charge is 0.337 e. The van der Waals surface area contributed by atoms with Crippen molar-refractivity contribution in [3.05, 3.63) is 47.0 Å². The molecule has 1 aliphatic rings. The molecule has 1 N–H and O–H groups in total. The molecule has 0 saturated heterocycles. The van der Waals surface area contributed by atoms with Crippen molar-refractivity contribution in [1.82, 2.24) is 14.9 Å². The summed E-state index contributed by atoms with van der Waals surface area (Å²) in [5.74, 6) is 1.15. The van der Waals surface area contributed by atoms with E-state index in [1.807, 2.05) is 42.0 Å². The summed E-state index contributed by atoms with van der Waals surface area (Å²) < 4.78 is 2.05. The first-order valence-corrected chi connectivity index (χ1v) is 7.71. The summed E-state index contributed by atoms with van der Waals surface area (Å²) >= 11 is 8.03. The summed E-state index contributed by atoms with van der Waals surface area (Å²) in [4.78, 5) is 5.49. The van der Waals surface area contributed by atoms with Gasteiger partial charge in [0.15, 0.2) is 0 Å². The Bertz CT molecular complexity index is 582. The van der Waals surface area contributed by atoms with E-state index in [1.165, 1.54) is 16.2 Å². The van der Waals surface area contributed by atoms with Gasteiger partial charge in [-0.1, -0.05) is 11.6 Å². The lowest BCUT2D eigenvalue weighted by molar-refractivity contribution is 0.500. The Labute approximate surface area is 122 Å². The highest BCUT2D eigenvalue weighted by Gasteiger charge is 2.20. The van der Waals surface area contributed by atoms with Crippen molar-refractivity contribution in [2.24, 2.45) is 7.05 Å². The lowest BCUT2D eigenvalue weighted by Crippen LogP contribution is -2.25. The topological polar surface area (TPSA) is 29.9 Å². The summed E-state index contributed by atoms with van der Waals surface area (Å²) in [5.41, 5.74) is 2.52. The Morgan fingerprint density at radius 2 is 2.42 bits per heavy atom. The van der Waals surface area contributed by atoms with Crippen LogP contribution in [0, 0.1) is 0 Å². The number of fused-ring (bicyclic) bond motifs is 1. The van der Waals surface area contributed by atoms with Gasteiger partial charge in [0.2, 0.25) is 0 Å². The van der Waals surface area contributed by atoms with Gasteiger partial charge in [-0.15, -0.1) is 11.8 Å². The van der Waals surface area contributed by atoms with Gasteiger partial charge in [0, 0.05) is 35.7 Å². The number of aromatic nitrogens is 2. The Morgan fingerprint density at radius 3 is 3.21 bits per heavy atom. The molecule has 19 heavy (non-hydrogen) atoms. The summed E-state index contributed by atoms with van der Waals surface area (Å²) in [6.45, 7) is 0.831. The van der Waals surface area contributed by atoms with Crippen LogP contribution in [0.15, 0.2) is 35.6 Å². The van der Waals surface area contributed by atoms with Gasteiger partial charge in [0.25, 0.3) is 0 Å². The number of thioether (sulfide) groups is 1. The van der Waals surface area contributed by atoms with Crippen molar-refractivity contribution in [2.75, 3.05) is 5.75 Å². The molecule has 0 unspecified atom stereocenters. The number of aryl methyl sites for hydroxylation is 1. The smallest absolute Gasteiger partial charge is 0.0945 e. The first-order chi connectivity index (χ1) is 9.24. The number of hydrogen-bond donors (Lipinski definition) is 1. The van der Waals surface area contributed by atoms with Crippen molar-refractivity contribution in [1.29, 1.82) is 0 Å². The predicted molar refractivity (Wildman–Crippen MR) is 79.6 cm³/mol. The van der Waals surface area contributed by atoms with Crippen LogP contribution in [0.1, 0.15) is 23.7 Å². The molecule has 0 aliphatic carbocycles. The standard InChI is InChI=1S/C14H16ClN3S/c1-18-9-16-7-11(18)8-17-13-4-5-19-14-3-2-10(15)6-12(13)14/h2-3,6-7,9,13,17H,4-5,8H2,1H3/t13-/m0/s1. The minimum absolute atomic E-state index is 0.379. The number of imidazole rings is 1. The molecule has 1 aromatic carbocycles. The third kappa shape index (κ3) is 2.81. The maximum absolute atomic E-state index is 6.12. The van der Waals surface area contributed by atoms with Gasteiger partial charge >= 0.3 is 0 Å². The Kier molecular flexibility index (Phi) is 3.82. The van der Waals surface area contributed by atoms with Gasteiger partial charge in [-0.3, -0.25) is 0 Å². The third-order valence-corrected chi connectivity index (χ3v) is 4.82. The molecular formula is C14H16ClN3S. The minimum atomic E-state index is 0.379. The fourth-order valence-corrected chi connectivity index (χ4v) is 3.65. The fourth-order valence-electron chi connectivity index (χ4n) is 2.36. The van der Waals surface area contributed by atoms with E-state index in [9.17, 15) is 0 Å². The van der Waals surface area contributed by atoms with Crippen LogP contribution in [-0.4, -0.2) is 15.3 Å². The van der Waals surface area contributed by atoms with Crippen LogP contribution in [0.5, 0.6) is 0 Å². The Morgan fingerprint density at radius 1 is 1.53 bits per heavy atom. The average Bonchev–Trinajstić information content (AvgIpc) is 2.82. The number of nitrogens with one attached hydrogen (secondary N) is 1. The minimum Gasteiger partial charge on any atom is -0.337 e. The average molecular weight is 294 g/mol. The van der Waals surface area contributed by atoms with E-state index in [-0.39, 0.29) is 0 Å². The molecule has 0 amide bonds. The maximum Gasteiger partial charge on any atom is 0.0945 e. The molecule has 0 fully saturated rings. The quantitative estimate of drug-likeness (QED) is 0.941. The van der Waals surface area contributed by atoms with Crippen LogP contribution < -0.4 is 5.32 Å². The van der Waals surface area contributed by atoms with E-state index in [2.05, 4.69) is 22.4 Å². The lowest BCUT2D eigenvalue weighted by atomic mass is 10.0. The molecule has 100 valence electrons. The van der Waals surface area contributed by atoms with Crippen molar-refractivity contribution in [3.63, 3.8) is 0 Å². The highest BCUT2D eigenvalue weighted by atomic mass is 35.5. The van der Waals surface area contributed by atoms with Crippen LogP contribution in [0.3, 0.4) is 0 Å². The first kappa shape index (κ1) is 13.0. The number of hydrogen-bond acceptors (Lipinski definition) is 3. The zero-order valence-corrected chi connectivity index (χ0v) is 12.3. The number of benzene rings is 1.